The Morgan fingerprint density at radius 1 is 1.04 bits per heavy atom. The van der Waals surface area contributed by atoms with E-state index in [1.807, 2.05) is 0 Å². The van der Waals surface area contributed by atoms with E-state index in [0.717, 1.165) is 12.1 Å². The fourth-order valence-corrected chi connectivity index (χ4v) is 3.26. The number of carbonyl (C=O) groups excluding carboxylic acids is 1. The molecule has 0 saturated carbocycles. The summed E-state index contributed by atoms with van der Waals surface area (Å²) in [6.07, 6.45) is 0. The molecule has 5 nitrogen and oxygen atoms in total. The lowest BCUT2D eigenvalue weighted by Gasteiger charge is -2.11. The molecule has 0 heterocycles. The largest absolute Gasteiger partial charge is 0.322 e. The van der Waals surface area contributed by atoms with Crippen LogP contribution >= 0.6 is 0 Å². The quantitative estimate of drug-likeness (QED) is 0.867. The fraction of sp³-hybridized carbons (Fsp3) is 0.188. The molecule has 2 rings (SSSR count). The summed E-state index contributed by atoms with van der Waals surface area (Å²) >= 11 is 0. The number of anilines is 1. The van der Waals surface area contributed by atoms with Gasteiger partial charge in [0.05, 0.1) is 4.90 Å². The smallest absolute Gasteiger partial charge is 0.255 e. The zero-order valence-corrected chi connectivity index (χ0v) is 13.8. The van der Waals surface area contributed by atoms with Gasteiger partial charge in [0.25, 0.3) is 5.91 Å². The Bertz CT molecular complexity index is 867. The van der Waals surface area contributed by atoms with Crippen LogP contribution in [0.4, 0.5) is 14.5 Å². The first kappa shape index (κ1) is 18.0. The molecule has 0 aromatic heterocycles. The summed E-state index contributed by atoms with van der Waals surface area (Å²) in [7, 11) is -3.74. The molecule has 0 aliphatic carbocycles. The van der Waals surface area contributed by atoms with Gasteiger partial charge in [0.15, 0.2) is 11.6 Å². The third-order valence-corrected chi connectivity index (χ3v) is 4.63. The highest BCUT2D eigenvalue weighted by Gasteiger charge is 2.17. The van der Waals surface area contributed by atoms with E-state index in [1.165, 1.54) is 30.3 Å². The molecule has 0 aliphatic heterocycles. The molecule has 128 valence electrons. The third-order valence-electron chi connectivity index (χ3n) is 2.97. The van der Waals surface area contributed by atoms with Crippen molar-refractivity contribution in [3.63, 3.8) is 0 Å². The van der Waals surface area contributed by atoms with Crippen LogP contribution in [0.2, 0.25) is 0 Å². The molecule has 1 amide bonds. The summed E-state index contributed by atoms with van der Waals surface area (Å²) in [4.78, 5) is 12.1. The van der Waals surface area contributed by atoms with E-state index in [0.29, 0.717) is 0 Å². The third kappa shape index (κ3) is 4.36. The monoisotopic (exact) mass is 354 g/mol. The molecular formula is C16H16F2N2O3S. The lowest BCUT2D eigenvalue weighted by Crippen LogP contribution is -2.30. The Labute approximate surface area is 138 Å². The zero-order chi connectivity index (χ0) is 17.9. The molecule has 0 atom stereocenters. The van der Waals surface area contributed by atoms with E-state index in [2.05, 4.69) is 10.0 Å². The number of nitrogens with one attached hydrogen (secondary N) is 2. The van der Waals surface area contributed by atoms with Crippen LogP contribution in [0, 0.1) is 11.6 Å². The van der Waals surface area contributed by atoms with Crippen LogP contribution in [0.15, 0.2) is 47.4 Å². The van der Waals surface area contributed by atoms with E-state index in [1.54, 1.807) is 13.8 Å². The first-order chi connectivity index (χ1) is 11.2. The molecule has 0 bridgehead atoms. The number of sulfonamides is 1. The van der Waals surface area contributed by atoms with Crippen LogP contribution in [0.3, 0.4) is 0 Å². The van der Waals surface area contributed by atoms with Crippen molar-refractivity contribution in [3.8, 4) is 0 Å². The molecule has 24 heavy (non-hydrogen) atoms. The molecule has 0 spiro atoms. The molecule has 0 fully saturated rings. The second-order valence-electron chi connectivity index (χ2n) is 5.39. The number of hydrogen-bond acceptors (Lipinski definition) is 3. The molecule has 8 heteroatoms. The van der Waals surface area contributed by atoms with Crippen LogP contribution in [0.1, 0.15) is 24.2 Å². The van der Waals surface area contributed by atoms with Gasteiger partial charge < -0.3 is 5.32 Å². The van der Waals surface area contributed by atoms with Gasteiger partial charge in [0.2, 0.25) is 10.0 Å². The maximum atomic E-state index is 13.2. The van der Waals surface area contributed by atoms with Crippen molar-refractivity contribution in [2.75, 3.05) is 5.32 Å². The minimum atomic E-state index is -3.74. The zero-order valence-electron chi connectivity index (χ0n) is 13.0. The number of amides is 1. The van der Waals surface area contributed by atoms with E-state index < -0.39 is 27.6 Å². The molecule has 0 radical (unpaired) electrons. The summed E-state index contributed by atoms with van der Waals surface area (Å²) in [6, 6.07) is 8.05. The molecule has 2 aromatic rings. The fourth-order valence-electron chi connectivity index (χ4n) is 1.96. The minimum Gasteiger partial charge on any atom is -0.322 e. The topological polar surface area (TPSA) is 75.3 Å². The second kappa shape index (κ2) is 7.06. The van der Waals surface area contributed by atoms with Crippen molar-refractivity contribution >= 4 is 21.6 Å². The van der Waals surface area contributed by atoms with Gasteiger partial charge >= 0.3 is 0 Å². The normalized spacial score (nSPS) is 11.5. The van der Waals surface area contributed by atoms with Gasteiger partial charge in [-0.3, -0.25) is 4.79 Å². The Balaban J connectivity index is 2.24. The Morgan fingerprint density at radius 2 is 1.75 bits per heavy atom. The van der Waals surface area contributed by atoms with Gasteiger partial charge in [-0.2, -0.15) is 0 Å². The SMILES string of the molecule is CC(C)NS(=O)(=O)c1cccc(C(=O)Nc2ccc(F)c(F)c2)c1. The number of benzene rings is 2. The highest BCUT2D eigenvalue weighted by atomic mass is 32.2. The predicted molar refractivity (Wildman–Crippen MR) is 86.2 cm³/mol. The van der Waals surface area contributed by atoms with Gasteiger partial charge in [-0.05, 0) is 44.2 Å². The first-order valence-corrected chi connectivity index (χ1v) is 8.56. The van der Waals surface area contributed by atoms with Crippen molar-refractivity contribution in [2.24, 2.45) is 0 Å². The first-order valence-electron chi connectivity index (χ1n) is 7.08. The average molecular weight is 354 g/mol. The lowest BCUT2D eigenvalue weighted by molar-refractivity contribution is 0.102. The summed E-state index contributed by atoms with van der Waals surface area (Å²) < 4.78 is 52.7. The summed E-state index contributed by atoms with van der Waals surface area (Å²) in [5, 5.41) is 2.38. The van der Waals surface area contributed by atoms with Crippen LogP contribution in [0.25, 0.3) is 0 Å². The van der Waals surface area contributed by atoms with E-state index in [4.69, 9.17) is 0 Å². The van der Waals surface area contributed by atoms with E-state index in [9.17, 15) is 22.0 Å². The Kier molecular flexibility index (Phi) is 5.30. The van der Waals surface area contributed by atoms with Crippen molar-refractivity contribution < 1.29 is 22.0 Å². The predicted octanol–water partition coefficient (Wildman–Crippen LogP) is 2.90. The maximum absolute atomic E-state index is 13.2. The van der Waals surface area contributed by atoms with Gasteiger partial charge in [-0.25, -0.2) is 21.9 Å². The van der Waals surface area contributed by atoms with Crippen molar-refractivity contribution in [1.82, 2.24) is 4.72 Å². The highest BCUT2D eigenvalue weighted by Crippen LogP contribution is 2.16. The van der Waals surface area contributed by atoms with Crippen molar-refractivity contribution in [1.29, 1.82) is 0 Å². The van der Waals surface area contributed by atoms with Gasteiger partial charge in [0, 0.05) is 23.4 Å². The van der Waals surface area contributed by atoms with Crippen molar-refractivity contribution in [2.45, 2.75) is 24.8 Å². The van der Waals surface area contributed by atoms with E-state index in [-0.39, 0.29) is 22.2 Å². The van der Waals surface area contributed by atoms with E-state index >= 15 is 0 Å². The molecule has 2 N–H and O–H groups in total. The highest BCUT2D eigenvalue weighted by molar-refractivity contribution is 7.89. The Morgan fingerprint density at radius 3 is 2.38 bits per heavy atom. The summed E-state index contributed by atoms with van der Waals surface area (Å²) in [5.74, 6) is -2.76. The second-order valence-corrected chi connectivity index (χ2v) is 7.10. The standard InChI is InChI=1S/C16H16F2N2O3S/c1-10(2)20-24(22,23)13-5-3-4-11(8-13)16(21)19-12-6-7-14(17)15(18)9-12/h3-10,20H,1-2H3,(H,19,21). The molecule has 0 aliphatic rings. The molecule has 0 unspecified atom stereocenters. The Hall–Kier alpha value is -2.32. The lowest BCUT2D eigenvalue weighted by atomic mass is 10.2. The maximum Gasteiger partial charge on any atom is 0.255 e. The number of rotatable bonds is 5. The average Bonchev–Trinajstić information content (AvgIpc) is 2.50. The van der Waals surface area contributed by atoms with Gasteiger partial charge in [0.1, 0.15) is 0 Å². The summed E-state index contributed by atoms with van der Waals surface area (Å²) in [6.45, 7) is 3.36. The summed E-state index contributed by atoms with van der Waals surface area (Å²) in [5.41, 5.74) is 0.138. The van der Waals surface area contributed by atoms with Crippen LogP contribution in [0.5, 0.6) is 0 Å². The van der Waals surface area contributed by atoms with Crippen molar-refractivity contribution in [3.05, 3.63) is 59.7 Å². The number of halogens is 2. The van der Waals surface area contributed by atoms with Gasteiger partial charge in [-0.1, -0.05) is 6.07 Å². The van der Waals surface area contributed by atoms with Gasteiger partial charge in [-0.15, -0.1) is 0 Å². The molecule has 0 saturated heterocycles. The van der Waals surface area contributed by atoms with Crippen LogP contribution in [-0.2, 0) is 10.0 Å². The number of carbonyl (C=O) groups is 1. The van der Waals surface area contributed by atoms with Crippen LogP contribution in [-0.4, -0.2) is 20.4 Å². The minimum absolute atomic E-state index is 0.0610. The molecular weight excluding hydrogens is 338 g/mol. The molecule has 2 aromatic carbocycles. The number of hydrogen-bond donors (Lipinski definition) is 2. The van der Waals surface area contributed by atoms with Crippen LogP contribution < -0.4 is 10.0 Å².